The molecule has 4 amide bonds. The summed E-state index contributed by atoms with van der Waals surface area (Å²) < 4.78 is 14.0. The highest BCUT2D eigenvalue weighted by Gasteiger charge is 2.68. The van der Waals surface area contributed by atoms with E-state index in [1.807, 2.05) is 6.08 Å². The molecule has 7 nitrogen and oxygen atoms in total. The molecule has 6 atom stereocenters. The second-order valence-corrected chi connectivity index (χ2v) is 13.2. The summed E-state index contributed by atoms with van der Waals surface area (Å²) in [6, 6.07) is 14.6. The molecule has 3 aromatic carbocycles. The second kappa shape index (κ2) is 10.2. The standard InChI is InChI=1S/C33H24Cl3FN2O5/c1-33-23(30(42)39(32(33)44)18-7-10-25(37)24(36)13-18)14-21-19(28(33)22-12-16(35)4-11-26(22)40)8-9-20-27(21)31(43)38(29(20)41)17-5-2-15(34)3-6-17/h2-8,10-13,20-21,23,27-28,40H,9,14H2,1H3/t20-,21+,23-,27-,28+,33+/m0/s1. The highest BCUT2D eigenvalue weighted by atomic mass is 35.5. The highest BCUT2D eigenvalue weighted by Crippen LogP contribution is 2.64. The molecule has 3 aromatic rings. The molecule has 3 fully saturated rings. The van der Waals surface area contributed by atoms with Crippen molar-refractivity contribution in [2.45, 2.75) is 25.7 Å². The van der Waals surface area contributed by atoms with Gasteiger partial charge in [0, 0.05) is 21.5 Å². The first-order valence-corrected chi connectivity index (χ1v) is 15.2. The maximum absolute atomic E-state index is 14.4. The van der Waals surface area contributed by atoms with E-state index < -0.39 is 58.5 Å². The average molecular weight is 654 g/mol. The van der Waals surface area contributed by atoms with Gasteiger partial charge in [-0.15, -0.1) is 0 Å². The van der Waals surface area contributed by atoms with Crippen molar-refractivity contribution in [3.8, 4) is 5.75 Å². The third-order valence-corrected chi connectivity index (χ3v) is 10.6. The number of rotatable bonds is 3. The number of carbonyl (C=O) groups excluding carboxylic acids is 4. The Balaban J connectivity index is 1.38. The Morgan fingerprint density at radius 1 is 0.818 bits per heavy atom. The van der Waals surface area contributed by atoms with E-state index in [2.05, 4.69) is 0 Å². The topological polar surface area (TPSA) is 95.0 Å². The molecule has 1 N–H and O–H groups in total. The quantitative estimate of drug-likeness (QED) is 0.245. The molecule has 0 bridgehead atoms. The maximum atomic E-state index is 14.4. The van der Waals surface area contributed by atoms with Crippen LogP contribution in [-0.4, -0.2) is 28.7 Å². The van der Waals surface area contributed by atoms with E-state index in [0.29, 0.717) is 26.9 Å². The number of halogens is 4. The molecule has 0 aromatic heterocycles. The number of nitrogens with zero attached hydrogens (tertiary/aromatic N) is 2. The molecule has 11 heteroatoms. The van der Waals surface area contributed by atoms with Crippen LogP contribution in [0.4, 0.5) is 15.8 Å². The Hall–Kier alpha value is -3.72. The van der Waals surface area contributed by atoms with Gasteiger partial charge >= 0.3 is 0 Å². The van der Waals surface area contributed by atoms with E-state index in [1.54, 1.807) is 37.3 Å². The molecule has 0 unspecified atom stereocenters. The van der Waals surface area contributed by atoms with Crippen molar-refractivity contribution in [3.63, 3.8) is 0 Å². The van der Waals surface area contributed by atoms with Crippen molar-refractivity contribution in [1.82, 2.24) is 0 Å². The SMILES string of the molecule is C[C@@]12C(=O)N(c3ccc(F)c(Cl)c3)C(=O)[C@@H]1C[C@@H]1C(=CC[C@@H]3C(=O)N(c4ccc(Cl)cc4)C(=O)[C@@H]31)[C@@H]2c1cc(Cl)ccc1O. The number of phenolic OH excluding ortho intramolecular Hbond substituents is 1. The van der Waals surface area contributed by atoms with E-state index >= 15 is 0 Å². The lowest BCUT2D eigenvalue weighted by molar-refractivity contribution is -0.131. The van der Waals surface area contributed by atoms with Gasteiger partial charge in [-0.2, -0.15) is 0 Å². The summed E-state index contributed by atoms with van der Waals surface area (Å²) in [5.74, 6) is -6.45. The zero-order valence-corrected chi connectivity index (χ0v) is 25.4. The number of anilines is 2. The van der Waals surface area contributed by atoms with Gasteiger partial charge in [0.25, 0.3) is 0 Å². The third kappa shape index (κ3) is 4.00. The number of amides is 4. The van der Waals surface area contributed by atoms with Crippen LogP contribution < -0.4 is 9.80 Å². The molecular formula is C33H24Cl3FN2O5. The third-order valence-electron chi connectivity index (χ3n) is 9.82. The van der Waals surface area contributed by atoms with Gasteiger partial charge < -0.3 is 5.11 Å². The van der Waals surface area contributed by atoms with Gasteiger partial charge in [0.15, 0.2) is 0 Å². The van der Waals surface area contributed by atoms with Gasteiger partial charge in [-0.1, -0.05) is 46.5 Å². The van der Waals surface area contributed by atoms with Gasteiger partial charge in [0.05, 0.1) is 39.6 Å². The summed E-state index contributed by atoms with van der Waals surface area (Å²) in [5, 5.41) is 11.6. The fraction of sp³-hybridized carbons (Fsp3) is 0.273. The lowest BCUT2D eigenvalue weighted by atomic mass is 9.51. The summed E-state index contributed by atoms with van der Waals surface area (Å²) in [5.41, 5.74) is 0.146. The van der Waals surface area contributed by atoms with Crippen LogP contribution in [0, 0.1) is 34.9 Å². The molecule has 2 aliphatic heterocycles. The van der Waals surface area contributed by atoms with Gasteiger partial charge in [-0.05, 0) is 86.3 Å². The van der Waals surface area contributed by atoms with Crippen molar-refractivity contribution in [3.05, 3.63) is 98.8 Å². The minimum absolute atomic E-state index is 0.116. The van der Waals surface area contributed by atoms with Crippen molar-refractivity contribution >= 4 is 69.8 Å². The van der Waals surface area contributed by atoms with Crippen molar-refractivity contribution < 1.29 is 28.7 Å². The maximum Gasteiger partial charge on any atom is 0.241 e. The number of hydrogen-bond donors (Lipinski definition) is 1. The van der Waals surface area contributed by atoms with E-state index in [-0.39, 0.29) is 35.2 Å². The molecule has 0 spiro atoms. The van der Waals surface area contributed by atoms with Crippen molar-refractivity contribution in [2.24, 2.45) is 29.1 Å². The van der Waals surface area contributed by atoms with Gasteiger partial charge in [0.2, 0.25) is 23.6 Å². The van der Waals surface area contributed by atoms with Crippen molar-refractivity contribution in [1.29, 1.82) is 0 Å². The Bertz CT molecular complexity index is 1830. The van der Waals surface area contributed by atoms with Crippen LogP contribution in [0.2, 0.25) is 15.1 Å². The summed E-state index contributed by atoms with van der Waals surface area (Å²) in [7, 11) is 0. The summed E-state index contributed by atoms with van der Waals surface area (Å²) in [6.07, 6.45) is 2.23. The van der Waals surface area contributed by atoms with E-state index in [0.717, 1.165) is 11.0 Å². The molecule has 2 heterocycles. The number of benzene rings is 3. The highest BCUT2D eigenvalue weighted by molar-refractivity contribution is 6.32. The molecule has 2 saturated heterocycles. The summed E-state index contributed by atoms with van der Waals surface area (Å²) >= 11 is 18.5. The number of phenols is 1. The lowest BCUT2D eigenvalue weighted by Gasteiger charge is -2.49. The van der Waals surface area contributed by atoms with Gasteiger partial charge in [-0.3, -0.25) is 24.1 Å². The number of aromatic hydroxyl groups is 1. The fourth-order valence-corrected chi connectivity index (χ4v) is 8.31. The van der Waals surface area contributed by atoms with Crippen LogP contribution in [0.25, 0.3) is 0 Å². The smallest absolute Gasteiger partial charge is 0.241 e. The lowest BCUT2D eigenvalue weighted by Crippen LogP contribution is -2.48. The number of allylic oxidation sites excluding steroid dienone is 2. The largest absolute Gasteiger partial charge is 0.508 e. The normalized spacial score (nSPS) is 29.5. The Morgan fingerprint density at radius 2 is 1.50 bits per heavy atom. The molecule has 224 valence electrons. The van der Waals surface area contributed by atoms with Gasteiger partial charge in [-0.25, -0.2) is 9.29 Å². The monoisotopic (exact) mass is 652 g/mol. The van der Waals surface area contributed by atoms with E-state index in [1.165, 1.54) is 29.2 Å². The van der Waals surface area contributed by atoms with Crippen LogP contribution in [0.1, 0.15) is 31.2 Å². The first kappa shape index (κ1) is 29.0. The number of carbonyl (C=O) groups is 4. The number of fused-ring (bicyclic) bond motifs is 4. The first-order valence-electron chi connectivity index (χ1n) is 14.1. The van der Waals surface area contributed by atoms with Crippen molar-refractivity contribution in [2.75, 3.05) is 9.80 Å². The predicted octanol–water partition coefficient (Wildman–Crippen LogP) is 6.93. The van der Waals surface area contributed by atoms with Gasteiger partial charge in [0.1, 0.15) is 11.6 Å². The van der Waals surface area contributed by atoms with E-state index in [4.69, 9.17) is 34.8 Å². The van der Waals surface area contributed by atoms with Crippen LogP contribution in [0.5, 0.6) is 5.75 Å². The summed E-state index contributed by atoms with van der Waals surface area (Å²) in [4.78, 5) is 58.6. The predicted molar refractivity (Wildman–Crippen MR) is 163 cm³/mol. The Labute approximate surface area is 266 Å². The molecule has 1 saturated carbocycles. The molecular weight excluding hydrogens is 630 g/mol. The second-order valence-electron chi connectivity index (χ2n) is 12.0. The molecule has 4 aliphatic rings. The number of hydrogen-bond acceptors (Lipinski definition) is 5. The molecule has 7 rings (SSSR count). The number of imide groups is 2. The zero-order chi connectivity index (χ0) is 31.2. The molecule has 0 radical (unpaired) electrons. The van der Waals surface area contributed by atoms with Crippen LogP contribution in [0.3, 0.4) is 0 Å². The molecule has 2 aliphatic carbocycles. The first-order chi connectivity index (χ1) is 20.9. The molecule has 44 heavy (non-hydrogen) atoms. The fourth-order valence-electron chi connectivity index (χ4n) is 7.83. The van der Waals surface area contributed by atoms with Crippen LogP contribution in [0.15, 0.2) is 72.3 Å². The van der Waals surface area contributed by atoms with Crippen LogP contribution in [-0.2, 0) is 19.2 Å². The Morgan fingerprint density at radius 3 is 2.20 bits per heavy atom. The van der Waals surface area contributed by atoms with Crippen LogP contribution >= 0.6 is 34.8 Å². The zero-order valence-electron chi connectivity index (χ0n) is 23.1. The average Bonchev–Trinajstić information content (AvgIpc) is 3.36. The Kier molecular flexibility index (Phi) is 6.70. The minimum atomic E-state index is -1.41. The van der Waals surface area contributed by atoms with E-state index in [9.17, 15) is 28.7 Å². The summed E-state index contributed by atoms with van der Waals surface area (Å²) in [6.45, 7) is 1.68. The minimum Gasteiger partial charge on any atom is -0.508 e.